The summed E-state index contributed by atoms with van der Waals surface area (Å²) in [6.45, 7) is 4.95. The number of aromatic nitrogens is 3. The predicted molar refractivity (Wildman–Crippen MR) is 150 cm³/mol. The summed E-state index contributed by atoms with van der Waals surface area (Å²) in [5.74, 6) is -0.306. The molecule has 196 valence electrons. The molecule has 0 bridgehead atoms. The molecule has 0 atom stereocenters. The van der Waals surface area contributed by atoms with Crippen LogP contribution in [0.3, 0.4) is 0 Å². The fourth-order valence-electron chi connectivity index (χ4n) is 5.49. The number of amides is 2. The molecule has 4 aromatic rings. The number of carbonyl (C=O) groups excluding carboxylic acids is 2. The lowest BCUT2D eigenvalue weighted by atomic mass is 9.62. The Balaban J connectivity index is 1.37. The van der Waals surface area contributed by atoms with Gasteiger partial charge in [-0.25, -0.2) is 0 Å². The average Bonchev–Trinajstić information content (AvgIpc) is 3.35. The van der Waals surface area contributed by atoms with Crippen LogP contribution < -0.4 is 10.6 Å². The van der Waals surface area contributed by atoms with Crippen LogP contribution in [0, 0.1) is 5.41 Å². The molecule has 0 aliphatic heterocycles. The quantitative estimate of drug-likeness (QED) is 0.299. The second-order valence-corrected chi connectivity index (χ2v) is 10.6. The summed E-state index contributed by atoms with van der Waals surface area (Å²) in [6, 6.07) is 15.5. The molecule has 8 heteroatoms. The van der Waals surface area contributed by atoms with E-state index in [1.165, 1.54) is 0 Å². The van der Waals surface area contributed by atoms with Gasteiger partial charge in [0.15, 0.2) is 0 Å². The molecular weight excluding hydrogens is 498 g/mol. The summed E-state index contributed by atoms with van der Waals surface area (Å²) in [6.07, 6.45) is 7.69. The number of nitrogens with zero attached hydrogens (tertiary/aromatic N) is 3. The highest BCUT2D eigenvalue weighted by Crippen LogP contribution is 2.46. The Morgan fingerprint density at radius 2 is 1.76 bits per heavy atom. The number of carbonyl (C=O) groups is 2. The second kappa shape index (κ2) is 10.6. The number of fused-ring (bicyclic) bond motifs is 1. The molecule has 0 saturated heterocycles. The van der Waals surface area contributed by atoms with Crippen molar-refractivity contribution >= 4 is 34.3 Å². The predicted octanol–water partition coefficient (Wildman–Crippen LogP) is 5.86. The van der Waals surface area contributed by atoms with Crippen LogP contribution in [0.15, 0.2) is 60.9 Å². The fraction of sp³-hybridized carbons (Fsp3) is 0.333. The van der Waals surface area contributed by atoms with Crippen molar-refractivity contribution < 1.29 is 9.59 Å². The van der Waals surface area contributed by atoms with Crippen molar-refractivity contribution in [3.8, 4) is 11.1 Å². The first-order valence-corrected chi connectivity index (χ1v) is 13.5. The van der Waals surface area contributed by atoms with E-state index in [2.05, 4.69) is 34.6 Å². The molecule has 0 spiro atoms. The molecular formula is C30H32ClN5O2. The Morgan fingerprint density at radius 1 is 1.03 bits per heavy atom. The van der Waals surface area contributed by atoms with Gasteiger partial charge in [-0.15, -0.1) is 0 Å². The number of hydrogen-bond acceptors (Lipinski definition) is 4. The summed E-state index contributed by atoms with van der Waals surface area (Å²) >= 11 is 6.48. The van der Waals surface area contributed by atoms with Gasteiger partial charge in [0.25, 0.3) is 11.8 Å². The van der Waals surface area contributed by atoms with Gasteiger partial charge in [-0.3, -0.25) is 19.3 Å². The van der Waals surface area contributed by atoms with Crippen molar-refractivity contribution in [1.82, 2.24) is 25.4 Å². The molecule has 7 nitrogen and oxygen atoms in total. The Bertz CT molecular complexity index is 1480. The van der Waals surface area contributed by atoms with Crippen molar-refractivity contribution in [3.05, 3.63) is 82.8 Å². The summed E-state index contributed by atoms with van der Waals surface area (Å²) in [4.78, 5) is 29.4. The van der Waals surface area contributed by atoms with Gasteiger partial charge in [-0.1, -0.05) is 62.6 Å². The third-order valence-electron chi connectivity index (χ3n) is 8.03. The maximum atomic E-state index is 13.3. The second-order valence-electron chi connectivity index (χ2n) is 10.2. The minimum absolute atomic E-state index is 0.0841. The van der Waals surface area contributed by atoms with E-state index in [9.17, 15) is 9.59 Å². The molecule has 1 fully saturated rings. The highest BCUT2D eigenvalue weighted by atomic mass is 35.5. The molecule has 2 aromatic heterocycles. The van der Waals surface area contributed by atoms with E-state index in [0.29, 0.717) is 28.2 Å². The van der Waals surface area contributed by atoms with E-state index in [1.54, 1.807) is 37.6 Å². The summed E-state index contributed by atoms with van der Waals surface area (Å²) < 4.78 is 1.84. The lowest BCUT2D eigenvalue weighted by molar-refractivity contribution is 0.0606. The highest BCUT2D eigenvalue weighted by Gasteiger charge is 2.42. The van der Waals surface area contributed by atoms with Crippen LogP contribution in [0.4, 0.5) is 0 Å². The molecule has 5 rings (SSSR count). The molecule has 1 aliphatic carbocycles. The molecule has 2 heterocycles. The molecule has 0 unspecified atom stereocenters. The first-order chi connectivity index (χ1) is 18.4. The first kappa shape index (κ1) is 25.9. The van der Waals surface area contributed by atoms with Gasteiger partial charge >= 0.3 is 0 Å². The molecule has 0 radical (unpaired) electrons. The van der Waals surface area contributed by atoms with Crippen LogP contribution in [-0.2, 0) is 6.54 Å². The van der Waals surface area contributed by atoms with E-state index < -0.39 is 0 Å². The van der Waals surface area contributed by atoms with Crippen molar-refractivity contribution in [3.63, 3.8) is 0 Å². The van der Waals surface area contributed by atoms with Crippen LogP contribution in [0.25, 0.3) is 22.0 Å². The summed E-state index contributed by atoms with van der Waals surface area (Å²) in [7, 11) is 1.59. The van der Waals surface area contributed by atoms with E-state index in [4.69, 9.17) is 11.6 Å². The lowest BCUT2D eigenvalue weighted by Gasteiger charge is -2.47. The zero-order chi connectivity index (χ0) is 26.9. The minimum Gasteiger partial charge on any atom is -0.354 e. The van der Waals surface area contributed by atoms with E-state index in [0.717, 1.165) is 53.3 Å². The van der Waals surface area contributed by atoms with Gasteiger partial charge in [-0.05, 0) is 59.2 Å². The van der Waals surface area contributed by atoms with E-state index >= 15 is 0 Å². The van der Waals surface area contributed by atoms with Gasteiger partial charge < -0.3 is 10.6 Å². The molecule has 2 aromatic carbocycles. The molecule has 38 heavy (non-hydrogen) atoms. The van der Waals surface area contributed by atoms with E-state index in [-0.39, 0.29) is 17.9 Å². The largest absolute Gasteiger partial charge is 0.354 e. The molecule has 2 N–H and O–H groups in total. The Labute approximate surface area is 227 Å². The van der Waals surface area contributed by atoms with Gasteiger partial charge in [0.05, 0.1) is 28.8 Å². The lowest BCUT2D eigenvalue weighted by Crippen LogP contribution is -2.50. The summed E-state index contributed by atoms with van der Waals surface area (Å²) in [5.41, 5.74) is 4.97. The van der Waals surface area contributed by atoms with Crippen molar-refractivity contribution in [2.24, 2.45) is 5.41 Å². The molecule has 1 aliphatic rings. The SMILES string of the molecule is CCC1(CC)CC(NC(=O)c2ccc(Cl)c3cnn(Cc4ccc(-c5ccnc(C(=O)NC)c5)cc4)c23)C1. The average molecular weight is 530 g/mol. The van der Waals surface area contributed by atoms with Gasteiger partial charge in [0.1, 0.15) is 5.69 Å². The number of nitrogens with one attached hydrogen (secondary N) is 2. The maximum absolute atomic E-state index is 13.3. The Hall–Kier alpha value is -3.71. The highest BCUT2D eigenvalue weighted by molar-refractivity contribution is 6.36. The smallest absolute Gasteiger partial charge is 0.269 e. The number of rotatable bonds is 8. The maximum Gasteiger partial charge on any atom is 0.269 e. The normalized spacial score (nSPS) is 14.7. The zero-order valence-corrected chi connectivity index (χ0v) is 22.7. The van der Waals surface area contributed by atoms with Crippen molar-refractivity contribution in [1.29, 1.82) is 0 Å². The number of hydrogen-bond donors (Lipinski definition) is 2. The number of benzene rings is 2. The topological polar surface area (TPSA) is 88.9 Å². The van der Waals surface area contributed by atoms with Crippen LogP contribution in [-0.4, -0.2) is 39.7 Å². The Kier molecular flexibility index (Phi) is 7.21. The van der Waals surface area contributed by atoms with Crippen LogP contribution in [0.5, 0.6) is 0 Å². The summed E-state index contributed by atoms with van der Waals surface area (Å²) in [5, 5.41) is 11.7. The van der Waals surface area contributed by atoms with Crippen LogP contribution >= 0.6 is 11.6 Å². The number of halogens is 1. The first-order valence-electron chi connectivity index (χ1n) is 13.1. The minimum atomic E-state index is -0.222. The third kappa shape index (κ3) is 4.90. The van der Waals surface area contributed by atoms with Crippen LogP contribution in [0.1, 0.15) is 65.9 Å². The van der Waals surface area contributed by atoms with E-state index in [1.807, 2.05) is 35.0 Å². The van der Waals surface area contributed by atoms with Gasteiger partial charge in [0.2, 0.25) is 0 Å². The Morgan fingerprint density at radius 3 is 2.45 bits per heavy atom. The monoisotopic (exact) mass is 529 g/mol. The van der Waals surface area contributed by atoms with Crippen molar-refractivity contribution in [2.45, 2.75) is 52.1 Å². The van der Waals surface area contributed by atoms with Gasteiger partial charge in [0, 0.05) is 24.7 Å². The fourth-order valence-corrected chi connectivity index (χ4v) is 5.69. The van der Waals surface area contributed by atoms with Crippen molar-refractivity contribution in [2.75, 3.05) is 7.05 Å². The third-order valence-corrected chi connectivity index (χ3v) is 8.36. The van der Waals surface area contributed by atoms with Gasteiger partial charge in [-0.2, -0.15) is 5.10 Å². The van der Waals surface area contributed by atoms with Crippen LogP contribution in [0.2, 0.25) is 5.02 Å². The zero-order valence-electron chi connectivity index (χ0n) is 21.9. The number of pyridine rings is 1. The molecule has 1 saturated carbocycles. The standard InChI is InChI=1S/C30H32ClN5O2/c1-4-30(5-2)15-22(16-30)35-28(37)23-10-11-25(31)24-17-34-36(27(23)24)18-19-6-8-20(9-7-19)21-12-13-33-26(14-21)29(38)32-3/h6-14,17,22H,4-5,15-16,18H2,1-3H3,(H,32,38)(H,35,37). The molecule has 2 amide bonds.